The lowest BCUT2D eigenvalue weighted by atomic mass is 9.95. The lowest BCUT2D eigenvalue weighted by molar-refractivity contribution is -0.123. The molecule has 2 aromatic heterocycles. The average Bonchev–Trinajstić information content (AvgIpc) is 3.04. The Kier molecular flexibility index (Phi) is 4.17. The van der Waals surface area contributed by atoms with E-state index >= 15 is 0 Å². The Morgan fingerprint density at radius 1 is 1.16 bits per heavy atom. The van der Waals surface area contributed by atoms with Crippen LogP contribution < -0.4 is 5.32 Å². The van der Waals surface area contributed by atoms with Crippen LogP contribution in [0.4, 0.5) is 4.39 Å². The Balaban J connectivity index is 1.34. The van der Waals surface area contributed by atoms with Gasteiger partial charge in [-0.25, -0.2) is 4.39 Å². The molecule has 1 amide bonds. The molecule has 2 heterocycles. The van der Waals surface area contributed by atoms with E-state index < -0.39 is 5.41 Å². The van der Waals surface area contributed by atoms with E-state index in [4.69, 9.17) is 4.42 Å². The van der Waals surface area contributed by atoms with Gasteiger partial charge < -0.3 is 9.73 Å². The summed E-state index contributed by atoms with van der Waals surface area (Å²) in [6.45, 7) is 0.604. The van der Waals surface area contributed by atoms with Crippen molar-refractivity contribution in [2.24, 2.45) is 0 Å². The van der Waals surface area contributed by atoms with E-state index in [1.54, 1.807) is 36.0 Å². The number of thiophene rings is 1. The number of halogens is 1. The molecule has 0 unspecified atom stereocenters. The SMILES string of the molecule is O=C(NCCc1ccc(-c2ccoc2)s1)C1(c2ccc(F)cc2)CC1. The van der Waals surface area contributed by atoms with Crippen molar-refractivity contribution in [3.63, 3.8) is 0 Å². The van der Waals surface area contributed by atoms with E-state index in [1.807, 2.05) is 6.07 Å². The van der Waals surface area contributed by atoms with Crippen molar-refractivity contribution in [2.45, 2.75) is 24.7 Å². The first-order valence-electron chi connectivity index (χ1n) is 8.33. The summed E-state index contributed by atoms with van der Waals surface area (Å²) in [5.74, 6) is -0.225. The summed E-state index contributed by atoms with van der Waals surface area (Å²) in [6.07, 6.45) is 5.85. The summed E-state index contributed by atoms with van der Waals surface area (Å²) in [6, 6.07) is 12.4. The Labute approximate surface area is 149 Å². The van der Waals surface area contributed by atoms with Gasteiger partial charge in [-0.2, -0.15) is 0 Å². The van der Waals surface area contributed by atoms with Crippen LogP contribution >= 0.6 is 11.3 Å². The standard InChI is InChI=1S/C20H18FNO2S/c21-16-3-1-15(2-4-16)20(9-10-20)19(23)22-11-7-17-5-6-18(25-17)14-8-12-24-13-14/h1-6,8,12-13H,7,9-11H2,(H,22,23). The molecule has 0 atom stereocenters. The third-order valence-corrected chi connectivity index (χ3v) is 5.90. The number of nitrogens with one attached hydrogen (secondary N) is 1. The van der Waals surface area contributed by atoms with Crippen LogP contribution in [0, 0.1) is 5.82 Å². The minimum Gasteiger partial charge on any atom is -0.472 e. The Bertz CT molecular complexity index is 864. The largest absolute Gasteiger partial charge is 0.472 e. The molecule has 3 nitrogen and oxygen atoms in total. The van der Waals surface area contributed by atoms with Crippen LogP contribution in [0.5, 0.6) is 0 Å². The zero-order chi connectivity index (χ0) is 17.3. The maximum absolute atomic E-state index is 13.1. The molecule has 1 aliphatic rings. The van der Waals surface area contributed by atoms with Gasteiger partial charge in [-0.3, -0.25) is 4.79 Å². The second-order valence-electron chi connectivity index (χ2n) is 6.37. The van der Waals surface area contributed by atoms with E-state index in [0.29, 0.717) is 6.54 Å². The number of carbonyl (C=O) groups excluding carboxylic acids is 1. The molecule has 0 spiro atoms. The van der Waals surface area contributed by atoms with Crippen molar-refractivity contribution < 1.29 is 13.6 Å². The monoisotopic (exact) mass is 355 g/mol. The smallest absolute Gasteiger partial charge is 0.230 e. The number of amides is 1. The second kappa shape index (κ2) is 6.48. The summed E-state index contributed by atoms with van der Waals surface area (Å²) in [5.41, 5.74) is 1.53. The van der Waals surface area contributed by atoms with Gasteiger partial charge in [-0.05, 0) is 55.2 Å². The Morgan fingerprint density at radius 3 is 2.64 bits per heavy atom. The van der Waals surface area contributed by atoms with Crippen LogP contribution in [-0.2, 0) is 16.6 Å². The fourth-order valence-electron chi connectivity index (χ4n) is 3.08. The van der Waals surface area contributed by atoms with Crippen LogP contribution in [-0.4, -0.2) is 12.5 Å². The van der Waals surface area contributed by atoms with Crippen molar-refractivity contribution in [2.75, 3.05) is 6.54 Å². The van der Waals surface area contributed by atoms with Crippen molar-refractivity contribution in [3.8, 4) is 10.4 Å². The molecule has 1 saturated carbocycles. The minimum atomic E-state index is -0.453. The molecule has 128 valence electrons. The molecule has 5 heteroatoms. The first kappa shape index (κ1) is 16.1. The zero-order valence-corrected chi connectivity index (χ0v) is 14.4. The van der Waals surface area contributed by atoms with Crippen LogP contribution in [0.15, 0.2) is 59.4 Å². The molecular formula is C20H18FNO2S. The molecule has 1 fully saturated rings. The molecule has 3 aromatic rings. The molecule has 1 N–H and O–H groups in total. The van der Waals surface area contributed by atoms with Gasteiger partial charge >= 0.3 is 0 Å². The van der Waals surface area contributed by atoms with E-state index in [-0.39, 0.29) is 11.7 Å². The van der Waals surface area contributed by atoms with Gasteiger partial charge in [0.1, 0.15) is 5.82 Å². The van der Waals surface area contributed by atoms with Crippen molar-refractivity contribution in [1.82, 2.24) is 5.32 Å². The number of carbonyl (C=O) groups is 1. The molecule has 1 aliphatic carbocycles. The van der Waals surface area contributed by atoms with E-state index in [9.17, 15) is 9.18 Å². The topological polar surface area (TPSA) is 42.2 Å². The summed E-state index contributed by atoms with van der Waals surface area (Å²) in [5, 5.41) is 3.05. The molecule has 1 aromatic carbocycles. The van der Waals surface area contributed by atoms with Gasteiger partial charge in [-0.1, -0.05) is 12.1 Å². The molecule has 4 rings (SSSR count). The predicted molar refractivity (Wildman–Crippen MR) is 96.0 cm³/mol. The average molecular weight is 355 g/mol. The fraction of sp³-hybridized carbons (Fsp3) is 0.250. The van der Waals surface area contributed by atoms with Crippen molar-refractivity contribution in [3.05, 3.63) is 71.2 Å². The summed E-state index contributed by atoms with van der Waals surface area (Å²) in [4.78, 5) is 15.0. The van der Waals surface area contributed by atoms with Crippen molar-refractivity contribution in [1.29, 1.82) is 0 Å². The van der Waals surface area contributed by atoms with E-state index in [1.165, 1.54) is 21.9 Å². The third kappa shape index (κ3) is 3.24. The first-order chi connectivity index (χ1) is 12.2. The number of hydrogen-bond donors (Lipinski definition) is 1. The maximum Gasteiger partial charge on any atom is 0.230 e. The Morgan fingerprint density at radius 2 is 1.96 bits per heavy atom. The van der Waals surface area contributed by atoms with Gasteiger partial charge in [0.15, 0.2) is 0 Å². The minimum absolute atomic E-state index is 0.0470. The lowest BCUT2D eigenvalue weighted by Gasteiger charge is -2.15. The summed E-state index contributed by atoms with van der Waals surface area (Å²) in [7, 11) is 0. The summed E-state index contributed by atoms with van der Waals surface area (Å²) < 4.78 is 18.2. The lowest BCUT2D eigenvalue weighted by Crippen LogP contribution is -2.35. The van der Waals surface area contributed by atoms with Gasteiger partial charge in [-0.15, -0.1) is 11.3 Å². The highest BCUT2D eigenvalue weighted by Gasteiger charge is 2.50. The van der Waals surface area contributed by atoms with Crippen LogP contribution in [0.3, 0.4) is 0 Å². The quantitative estimate of drug-likeness (QED) is 0.705. The van der Waals surface area contributed by atoms with E-state index in [2.05, 4.69) is 17.4 Å². The molecular weight excluding hydrogens is 337 g/mol. The molecule has 0 radical (unpaired) electrons. The van der Waals surface area contributed by atoms with E-state index in [0.717, 1.165) is 30.4 Å². The highest BCUT2D eigenvalue weighted by molar-refractivity contribution is 7.15. The van der Waals surface area contributed by atoms with Crippen molar-refractivity contribution >= 4 is 17.2 Å². The molecule has 0 bridgehead atoms. The zero-order valence-electron chi connectivity index (χ0n) is 13.6. The van der Waals surface area contributed by atoms with Gasteiger partial charge in [0.05, 0.1) is 17.9 Å². The molecule has 0 saturated heterocycles. The normalized spacial score (nSPS) is 15.1. The predicted octanol–water partition coefficient (Wildman–Crippen LogP) is 4.54. The van der Waals surface area contributed by atoms with Crippen LogP contribution in [0.25, 0.3) is 10.4 Å². The first-order valence-corrected chi connectivity index (χ1v) is 9.15. The molecule has 0 aliphatic heterocycles. The maximum atomic E-state index is 13.1. The van der Waals surface area contributed by atoms with Crippen LogP contribution in [0.2, 0.25) is 0 Å². The highest BCUT2D eigenvalue weighted by atomic mass is 32.1. The second-order valence-corrected chi connectivity index (χ2v) is 7.54. The third-order valence-electron chi connectivity index (χ3n) is 4.71. The summed E-state index contributed by atoms with van der Waals surface area (Å²) >= 11 is 1.71. The number of benzene rings is 1. The van der Waals surface area contributed by atoms with Gasteiger partial charge in [0.2, 0.25) is 5.91 Å². The Hall–Kier alpha value is -2.40. The highest BCUT2D eigenvalue weighted by Crippen LogP contribution is 2.48. The number of furan rings is 1. The molecule has 25 heavy (non-hydrogen) atoms. The van der Waals surface area contributed by atoms with Gasteiger partial charge in [0, 0.05) is 21.9 Å². The van der Waals surface area contributed by atoms with Gasteiger partial charge in [0.25, 0.3) is 0 Å². The fourth-order valence-corrected chi connectivity index (χ4v) is 4.07. The number of hydrogen-bond acceptors (Lipinski definition) is 3. The van der Waals surface area contributed by atoms with Crippen LogP contribution in [0.1, 0.15) is 23.3 Å². The number of rotatable bonds is 6.